The molecule has 0 spiro atoms. The Morgan fingerprint density at radius 2 is 2.05 bits per heavy atom. The molecule has 1 rings (SSSR count). The molecule has 1 amide bonds. The summed E-state index contributed by atoms with van der Waals surface area (Å²) in [7, 11) is 0. The molecule has 0 radical (unpaired) electrons. The third-order valence-electron chi connectivity index (χ3n) is 3.84. The van der Waals surface area contributed by atoms with E-state index in [9.17, 15) is 18.0 Å². The number of nitrogens with two attached hydrogens (primary N) is 1. The molecule has 6 heteroatoms. The Kier molecular flexibility index (Phi) is 6.30. The summed E-state index contributed by atoms with van der Waals surface area (Å²) < 4.78 is 38.2. The number of carbonyl (C=O) groups is 1. The van der Waals surface area contributed by atoms with E-state index in [0.717, 1.165) is 6.42 Å². The minimum atomic E-state index is -4.20. The highest BCUT2D eigenvalue weighted by atomic mass is 19.4. The first-order valence-electron chi connectivity index (χ1n) is 7.28. The Labute approximate surface area is 118 Å². The van der Waals surface area contributed by atoms with Crippen molar-refractivity contribution < 1.29 is 18.0 Å². The summed E-state index contributed by atoms with van der Waals surface area (Å²) in [5, 5.41) is 0. The van der Waals surface area contributed by atoms with E-state index in [-0.39, 0.29) is 31.2 Å². The number of amides is 1. The van der Waals surface area contributed by atoms with Gasteiger partial charge >= 0.3 is 6.18 Å². The molecule has 20 heavy (non-hydrogen) atoms. The lowest BCUT2D eigenvalue weighted by atomic mass is 9.92. The molecular formula is C14H25F3N2O. The summed E-state index contributed by atoms with van der Waals surface area (Å²) in [6.45, 7) is 4.74. The number of alkyl halides is 3. The van der Waals surface area contributed by atoms with Crippen LogP contribution in [0.15, 0.2) is 0 Å². The third-order valence-corrected chi connectivity index (χ3v) is 3.84. The van der Waals surface area contributed by atoms with Gasteiger partial charge < -0.3 is 10.6 Å². The molecule has 0 aromatic heterocycles. The van der Waals surface area contributed by atoms with Gasteiger partial charge in [-0.3, -0.25) is 4.79 Å². The maximum Gasteiger partial charge on any atom is 0.393 e. The average molecular weight is 294 g/mol. The van der Waals surface area contributed by atoms with Gasteiger partial charge in [0.2, 0.25) is 5.91 Å². The van der Waals surface area contributed by atoms with Gasteiger partial charge in [-0.15, -0.1) is 0 Å². The van der Waals surface area contributed by atoms with Crippen molar-refractivity contribution >= 4 is 5.91 Å². The average Bonchev–Trinajstić information content (AvgIpc) is 2.36. The molecule has 2 unspecified atom stereocenters. The molecule has 1 aliphatic heterocycles. The summed E-state index contributed by atoms with van der Waals surface area (Å²) >= 11 is 0. The van der Waals surface area contributed by atoms with E-state index in [1.54, 1.807) is 0 Å². The number of rotatable bonds is 5. The van der Waals surface area contributed by atoms with Crippen LogP contribution in [0.5, 0.6) is 0 Å². The lowest BCUT2D eigenvalue weighted by molar-refractivity contribution is -0.188. The van der Waals surface area contributed by atoms with Crippen LogP contribution in [-0.2, 0) is 4.79 Å². The SMILES string of the molecule is CC(C)CC(CN)CC(=O)N1CCCC(C(F)(F)F)C1. The van der Waals surface area contributed by atoms with Gasteiger partial charge in [0.05, 0.1) is 5.92 Å². The zero-order chi connectivity index (χ0) is 15.3. The van der Waals surface area contributed by atoms with Crippen molar-refractivity contribution in [2.24, 2.45) is 23.5 Å². The maximum absolute atomic E-state index is 12.7. The first-order chi connectivity index (χ1) is 9.24. The smallest absolute Gasteiger partial charge is 0.342 e. The van der Waals surface area contributed by atoms with Crippen molar-refractivity contribution in [3.8, 4) is 0 Å². The molecule has 0 bridgehead atoms. The molecule has 0 saturated carbocycles. The van der Waals surface area contributed by atoms with E-state index >= 15 is 0 Å². The van der Waals surface area contributed by atoms with E-state index < -0.39 is 12.1 Å². The highest BCUT2D eigenvalue weighted by molar-refractivity contribution is 5.76. The first-order valence-corrected chi connectivity index (χ1v) is 7.28. The minimum Gasteiger partial charge on any atom is -0.342 e. The van der Waals surface area contributed by atoms with Crippen molar-refractivity contribution in [2.45, 2.75) is 45.7 Å². The van der Waals surface area contributed by atoms with Gasteiger partial charge in [0, 0.05) is 19.5 Å². The van der Waals surface area contributed by atoms with Crippen LogP contribution in [0.25, 0.3) is 0 Å². The van der Waals surface area contributed by atoms with Gasteiger partial charge in [-0.2, -0.15) is 13.2 Å². The molecule has 0 aromatic rings. The second kappa shape index (κ2) is 7.29. The van der Waals surface area contributed by atoms with Crippen LogP contribution in [0.4, 0.5) is 13.2 Å². The van der Waals surface area contributed by atoms with Crippen LogP contribution in [0.1, 0.15) is 39.5 Å². The van der Waals surface area contributed by atoms with Crippen molar-refractivity contribution in [3.63, 3.8) is 0 Å². The largest absolute Gasteiger partial charge is 0.393 e. The van der Waals surface area contributed by atoms with Gasteiger partial charge in [0.25, 0.3) is 0 Å². The number of carbonyl (C=O) groups excluding carboxylic acids is 1. The molecule has 1 aliphatic rings. The number of piperidine rings is 1. The monoisotopic (exact) mass is 294 g/mol. The van der Waals surface area contributed by atoms with Crippen LogP contribution in [-0.4, -0.2) is 36.6 Å². The molecule has 3 nitrogen and oxygen atoms in total. The van der Waals surface area contributed by atoms with Crippen molar-refractivity contribution in [3.05, 3.63) is 0 Å². The fourth-order valence-electron chi connectivity index (χ4n) is 2.78. The van der Waals surface area contributed by atoms with Crippen molar-refractivity contribution in [2.75, 3.05) is 19.6 Å². The van der Waals surface area contributed by atoms with Crippen LogP contribution in [0.3, 0.4) is 0 Å². The Morgan fingerprint density at radius 3 is 2.55 bits per heavy atom. The molecule has 2 atom stereocenters. The molecule has 2 N–H and O–H groups in total. The lowest BCUT2D eigenvalue weighted by Crippen LogP contribution is -2.45. The number of hydrogen-bond acceptors (Lipinski definition) is 2. The van der Waals surface area contributed by atoms with E-state index in [2.05, 4.69) is 0 Å². The van der Waals surface area contributed by atoms with Crippen LogP contribution in [0, 0.1) is 17.8 Å². The van der Waals surface area contributed by atoms with Crippen LogP contribution in [0.2, 0.25) is 0 Å². The van der Waals surface area contributed by atoms with Crippen LogP contribution >= 0.6 is 0 Å². The van der Waals surface area contributed by atoms with Crippen molar-refractivity contribution in [1.82, 2.24) is 4.90 Å². The Hall–Kier alpha value is -0.780. The third kappa shape index (κ3) is 5.31. The van der Waals surface area contributed by atoms with Gasteiger partial charge in [0.1, 0.15) is 0 Å². The second-order valence-electron chi connectivity index (χ2n) is 6.16. The van der Waals surface area contributed by atoms with Gasteiger partial charge in [-0.05, 0) is 37.6 Å². The summed E-state index contributed by atoms with van der Waals surface area (Å²) in [5.41, 5.74) is 5.64. The molecule has 0 aliphatic carbocycles. The van der Waals surface area contributed by atoms with Gasteiger partial charge in [-0.25, -0.2) is 0 Å². The second-order valence-corrected chi connectivity index (χ2v) is 6.16. The topological polar surface area (TPSA) is 46.3 Å². The van der Waals surface area contributed by atoms with Gasteiger partial charge in [-0.1, -0.05) is 13.8 Å². The summed E-state index contributed by atoms with van der Waals surface area (Å²) in [4.78, 5) is 13.5. The normalized spacial score (nSPS) is 22.1. The fraction of sp³-hybridized carbons (Fsp3) is 0.929. The van der Waals surface area contributed by atoms with E-state index in [1.807, 2.05) is 13.8 Å². The van der Waals surface area contributed by atoms with E-state index in [4.69, 9.17) is 5.73 Å². The molecular weight excluding hydrogens is 269 g/mol. The van der Waals surface area contributed by atoms with E-state index in [1.165, 1.54) is 4.90 Å². The molecule has 0 aromatic carbocycles. The predicted octanol–water partition coefficient (Wildman–Crippen LogP) is 2.80. The van der Waals surface area contributed by atoms with Crippen LogP contribution < -0.4 is 5.73 Å². The summed E-state index contributed by atoms with van der Waals surface area (Å²) in [6.07, 6.45) is -2.56. The Balaban J connectivity index is 2.54. The summed E-state index contributed by atoms with van der Waals surface area (Å²) in [5.74, 6) is -1.06. The number of hydrogen-bond donors (Lipinski definition) is 1. The van der Waals surface area contributed by atoms with Gasteiger partial charge in [0.15, 0.2) is 0 Å². The molecule has 1 saturated heterocycles. The molecule has 1 heterocycles. The number of nitrogens with zero attached hydrogens (tertiary/aromatic N) is 1. The Bertz CT molecular complexity index is 318. The molecule has 118 valence electrons. The predicted molar refractivity (Wildman–Crippen MR) is 72.0 cm³/mol. The first kappa shape index (κ1) is 17.3. The minimum absolute atomic E-state index is 0.0637. The van der Waals surface area contributed by atoms with E-state index in [0.29, 0.717) is 25.4 Å². The zero-order valence-corrected chi connectivity index (χ0v) is 12.2. The lowest BCUT2D eigenvalue weighted by Gasteiger charge is -2.34. The number of likely N-dealkylation sites (tertiary alicyclic amines) is 1. The quantitative estimate of drug-likeness (QED) is 0.847. The molecule has 1 fully saturated rings. The van der Waals surface area contributed by atoms with Crippen molar-refractivity contribution in [1.29, 1.82) is 0 Å². The Morgan fingerprint density at radius 1 is 1.40 bits per heavy atom. The maximum atomic E-state index is 12.7. The zero-order valence-electron chi connectivity index (χ0n) is 12.2. The standard InChI is InChI=1S/C14H25F3N2O/c1-10(2)6-11(8-18)7-13(20)19-5-3-4-12(9-19)14(15,16)17/h10-12H,3-9,18H2,1-2H3. The summed E-state index contributed by atoms with van der Waals surface area (Å²) in [6, 6.07) is 0. The highest BCUT2D eigenvalue weighted by Gasteiger charge is 2.42. The number of halogens is 3. The highest BCUT2D eigenvalue weighted by Crippen LogP contribution is 2.33. The fourth-order valence-corrected chi connectivity index (χ4v) is 2.78.